The molecule has 0 saturated heterocycles. The van der Waals surface area contributed by atoms with Crippen LogP contribution in [-0.2, 0) is 19.3 Å². The third-order valence-corrected chi connectivity index (χ3v) is 4.25. The first kappa shape index (κ1) is 15.8. The van der Waals surface area contributed by atoms with Crippen molar-refractivity contribution in [2.45, 2.75) is 18.7 Å². The number of hydrogen-bond acceptors (Lipinski definition) is 3. The number of carbonyl (C=O) groups excluding carboxylic acids is 1. The van der Waals surface area contributed by atoms with Crippen LogP contribution in [0.3, 0.4) is 0 Å². The fourth-order valence-corrected chi connectivity index (χ4v) is 2.75. The fraction of sp³-hybridized carbons (Fsp3) is 0.462. The third-order valence-electron chi connectivity index (χ3n) is 2.59. The number of benzene rings is 1. The lowest BCUT2D eigenvalue weighted by Gasteiger charge is -2.19. The molecule has 1 amide bonds. The van der Waals surface area contributed by atoms with Crippen LogP contribution in [0.15, 0.2) is 33.5 Å². The highest BCUT2D eigenvalue weighted by molar-refractivity contribution is 7.93. The van der Waals surface area contributed by atoms with Crippen LogP contribution >= 0.6 is 0 Å². The maximum Gasteiger partial charge on any atom is 0.262 e. The van der Waals surface area contributed by atoms with Gasteiger partial charge in [-0.2, -0.15) is 4.36 Å². The van der Waals surface area contributed by atoms with Crippen LogP contribution < -0.4 is 0 Å². The minimum atomic E-state index is -2.87. The summed E-state index contributed by atoms with van der Waals surface area (Å²) in [6.07, 6.45) is 1.36. The molecular weight excluding hydrogens is 269 g/mol. The summed E-state index contributed by atoms with van der Waals surface area (Å²) in [6.45, 7) is 3.53. The highest BCUT2D eigenvalue weighted by Crippen LogP contribution is 2.20. The highest BCUT2D eigenvalue weighted by atomic mass is 32.2. The Bertz CT molecular complexity index is 572. The van der Waals surface area contributed by atoms with Gasteiger partial charge in [0.1, 0.15) is 5.82 Å². The lowest BCUT2D eigenvalue weighted by Crippen LogP contribution is -2.28. The molecule has 1 atom stereocenters. The SMILES string of the molecule is COCC(C)(C)C(=O)N=S(C)(=O)c1ccc(F)cc1. The Kier molecular flexibility index (Phi) is 4.81. The van der Waals surface area contributed by atoms with E-state index in [1.807, 2.05) is 0 Å². The molecule has 19 heavy (non-hydrogen) atoms. The number of methoxy groups -OCH3 is 1. The lowest BCUT2D eigenvalue weighted by atomic mass is 9.94. The van der Waals surface area contributed by atoms with E-state index in [1.54, 1.807) is 13.8 Å². The van der Waals surface area contributed by atoms with Crippen molar-refractivity contribution in [1.82, 2.24) is 0 Å². The summed E-state index contributed by atoms with van der Waals surface area (Å²) in [7, 11) is -1.39. The molecule has 1 rings (SSSR count). The van der Waals surface area contributed by atoms with Crippen LogP contribution in [0.4, 0.5) is 4.39 Å². The number of rotatable bonds is 4. The van der Waals surface area contributed by atoms with Crippen LogP contribution in [0.25, 0.3) is 0 Å². The summed E-state index contributed by atoms with van der Waals surface area (Å²) in [5.41, 5.74) is -0.840. The van der Waals surface area contributed by atoms with Crippen molar-refractivity contribution >= 4 is 15.6 Å². The predicted octanol–water partition coefficient (Wildman–Crippen LogP) is 2.48. The average molecular weight is 287 g/mol. The van der Waals surface area contributed by atoms with Gasteiger partial charge in [-0.1, -0.05) is 0 Å². The minimum Gasteiger partial charge on any atom is -0.384 e. The van der Waals surface area contributed by atoms with Gasteiger partial charge in [0.15, 0.2) is 0 Å². The monoisotopic (exact) mass is 287 g/mol. The van der Waals surface area contributed by atoms with Gasteiger partial charge < -0.3 is 4.74 Å². The molecule has 0 fully saturated rings. The van der Waals surface area contributed by atoms with E-state index < -0.39 is 26.9 Å². The van der Waals surface area contributed by atoms with Gasteiger partial charge in [0.25, 0.3) is 5.91 Å². The van der Waals surface area contributed by atoms with E-state index in [4.69, 9.17) is 4.74 Å². The summed E-state index contributed by atoms with van der Waals surface area (Å²) < 4.78 is 34.0. The molecule has 4 nitrogen and oxygen atoms in total. The maximum absolute atomic E-state index is 12.8. The van der Waals surface area contributed by atoms with Crippen LogP contribution in [0.1, 0.15) is 13.8 Å². The van der Waals surface area contributed by atoms with E-state index in [0.717, 1.165) is 0 Å². The van der Waals surface area contributed by atoms with Crippen LogP contribution in [-0.4, -0.2) is 30.1 Å². The maximum atomic E-state index is 12.8. The normalized spacial score (nSPS) is 14.8. The number of nitrogens with zero attached hydrogens (tertiary/aromatic N) is 1. The first-order chi connectivity index (χ1) is 8.69. The second-order valence-corrected chi connectivity index (χ2v) is 7.23. The van der Waals surface area contributed by atoms with Crippen molar-refractivity contribution in [2.24, 2.45) is 9.78 Å². The predicted molar refractivity (Wildman–Crippen MR) is 71.8 cm³/mol. The molecule has 0 aliphatic rings. The first-order valence-electron chi connectivity index (χ1n) is 5.70. The summed E-state index contributed by atoms with van der Waals surface area (Å²) in [6, 6.07) is 5.13. The second-order valence-electron chi connectivity index (χ2n) is 4.97. The Labute approximate surface area is 113 Å². The molecule has 0 N–H and O–H groups in total. The third kappa shape index (κ3) is 4.11. The Morgan fingerprint density at radius 1 is 1.37 bits per heavy atom. The smallest absolute Gasteiger partial charge is 0.262 e. The molecule has 1 unspecified atom stereocenters. The minimum absolute atomic E-state index is 0.189. The van der Waals surface area contributed by atoms with Crippen molar-refractivity contribution in [1.29, 1.82) is 0 Å². The van der Waals surface area contributed by atoms with E-state index in [9.17, 15) is 13.4 Å². The van der Waals surface area contributed by atoms with Crippen molar-refractivity contribution in [3.05, 3.63) is 30.1 Å². The molecular formula is C13H18FNO3S. The zero-order valence-corrected chi connectivity index (χ0v) is 12.3. The van der Waals surface area contributed by atoms with Gasteiger partial charge in [-0.3, -0.25) is 4.79 Å². The molecule has 0 heterocycles. The van der Waals surface area contributed by atoms with Crippen LogP contribution in [0.2, 0.25) is 0 Å². The molecule has 0 aromatic heterocycles. The van der Waals surface area contributed by atoms with E-state index in [-0.39, 0.29) is 6.61 Å². The summed E-state index contributed by atoms with van der Waals surface area (Å²) in [4.78, 5) is 12.3. The van der Waals surface area contributed by atoms with Gasteiger partial charge in [0.2, 0.25) is 0 Å². The Morgan fingerprint density at radius 2 is 1.89 bits per heavy atom. The molecule has 6 heteroatoms. The molecule has 0 aliphatic heterocycles. The van der Waals surface area contributed by atoms with Gasteiger partial charge in [0, 0.05) is 18.3 Å². The van der Waals surface area contributed by atoms with Crippen LogP contribution in [0, 0.1) is 11.2 Å². The summed E-state index contributed by atoms with van der Waals surface area (Å²) in [5, 5.41) is 0. The quantitative estimate of drug-likeness (QED) is 0.855. The van der Waals surface area contributed by atoms with Gasteiger partial charge in [0.05, 0.1) is 21.8 Å². The molecule has 0 spiro atoms. The fourth-order valence-electron chi connectivity index (χ4n) is 1.44. The summed E-state index contributed by atoms with van der Waals surface area (Å²) >= 11 is 0. The molecule has 0 saturated carbocycles. The molecule has 1 aromatic carbocycles. The van der Waals surface area contributed by atoms with Gasteiger partial charge in [-0.25, -0.2) is 8.60 Å². The molecule has 1 aromatic rings. The number of hydrogen-bond donors (Lipinski definition) is 0. The number of amides is 1. The molecule has 0 radical (unpaired) electrons. The molecule has 0 bridgehead atoms. The van der Waals surface area contributed by atoms with Crippen LogP contribution in [0.5, 0.6) is 0 Å². The van der Waals surface area contributed by atoms with E-state index >= 15 is 0 Å². The van der Waals surface area contributed by atoms with Crippen molar-refractivity contribution < 1.29 is 18.1 Å². The molecule has 106 valence electrons. The standard InChI is InChI=1S/C13H18FNO3S/c1-13(2,9-18-3)12(16)15-19(4,17)11-7-5-10(14)6-8-11/h5-8H,9H2,1-4H3. The largest absolute Gasteiger partial charge is 0.384 e. The topological polar surface area (TPSA) is 55.7 Å². The number of carbonyl (C=O) groups is 1. The average Bonchev–Trinajstić information content (AvgIpc) is 2.28. The Balaban J connectivity index is 3.12. The zero-order chi connectivity index (χ0) is 14.7. The van der Waals surface area contributed by atoms with Gasteiger partial charge >= 0.3 is 0 Å². The van der Waals surface area contributed by atoms with Gasteiger partial charge in [-0.15, -0.1) is 0 Å². The van der Waals surface area contributed by atoms with Gasteiger partial charge in [-0.05, 0) is 38.1 Å². The lowest BCUT2D eigenvalue weighted by molar-refractivity contribution is -0.128. The van der Waals surface area contributed by atoms with E-state index in [2.05, 4.69) is 4.36 Å². The second kappa shape index (κ2) is 5.79. The Morgan fingerprint density at radius 3 is 2.37 bits per heavy atom. The molecule has 0 aliphatic carbocycles. The Hall–Kier alpha value is -1.27. The van der Waals surface area contributed by atoms with Crippen molar-refractivity contribution in [3.63, 3.8) is 0 Å². The number of halogens is 1. The summed E-state index contributed by atoms with van der Waals surface area (Å²) in [5.74, 6) is -0.920. The van der Waals surface area contributed by atoms with E-state index in [1.165, 1.54) is 37.6 Å². The zero-order valence-electron chi connectivity index (χ0n) is 11.5. The first-order valence-corrected chi connectivity index (χ1v) is 7.62. The van der Waals surface area contributed by atoms with Crippen molar-refractivity contribution in [3.8, 4) is 0 Å². The van der Waals surface area contributed by atoms with E-state index in [0.29, 0.717) is 4.90 Å². The highest BCUT2D eigenvalue weighted by Gasteiger charge is 2.28. The number of ether oxygens (including phenoxy) is 1. The van der Waals surface area contributed by atoms with Crippen molar-refractivity contribution in [2.75, 3.05) is 20.0 Å².